The smallest absolute Gasteiger partial charge is 0.407 e. The molecule has 0 aliphatic carbocycles. The minimum Gasteiger partial charge on any atom is -0.480 e. The van der Waals surface area contributed by atoms with E-state index in [0.717, 1.165) is 23.8 Å². The Morgan fingerprint density at radius 3 is 2.42 bits per heavy atom. The summed E-state index contributed by atoms with van der Waals surface area (Å²) in [7, 11) is 1.15. The Kier molecular flexibility index (Phi) is 10.7. The van der Waals surface area contributed by atoms with Gasteiger partial charge in [0.1, 0.15) is 30.3 Å². The summed E-state index contributed by atoms with van der Waals surface area (Å²) >= 11 is 17.4. The minimum absolute atomic E-state index is 0.0324. The highest BCUT2D eigenvalue weighted by Gasteiger charge is 2.66. The number of thioether (sulfide) groups is 1. The Labute approximate surface area is 234 Å². The van der Waals surface area contributed by atoms with Crippen molar-refractivity contribution in [3.8, 4) is 0 Å². The van der Waals surface area contributed by atoms with Crippen LogP contribution in [0, 0.1) is 0 Å². The van der Waals surface area contributed by atoms with Crippen LogP contribution >= 0.6 is 46.6 Å². The molecule has 15 nitrogen and oxygen atoms in total. The number of carbonyl (C=O) groups is 6. The van der Waals surface area contributed by atoms with Gasteiger partial charge in [0.15, 0.2) is 0 Å². The van der Waals surface area contributed by atoms with Crippen LogP contribution in [0.4, 0.5) is 9.59 Å². The Hall–Kier alpha value is -2.66. The van der Waals surface area contributed by atoms with E-state index in [1.165, 1.54) is 0 Å². The van der Waals surface area contributed by atoms with Crippen molar-refractivity contribution in [1.29, 1.82) is 0 Å². The third-order valence-corrected chi connectivity index (χ3v) is 6.90. The van der Waals surface area contributed by atoms with Crippen molar-refractivity contribution in [1.82, 2.24) is 15.5 Å². The van der Waals surface area contributed by atoms with Crippen molar-refractivity contribution < 1.29 is 53.2 Å². The SMILES string of the molecule is COC1(NC(=O)CCCC(NC(=O)OCC(Cl)(Cl)Cl)C(=O)O)C(=O)N2C(C(=O)O)=C(COC(N)=O)CS[C@H]21. The van der Waals surface area contributed by atoms with E-state index in [1.807, 2.05) is 0 Å². The lowest BCUT2D eigenvalue weighted by atomic mass is 9.97. The number of hydrogen-bond donors (Lipinski definition) is 5. The molecule has 0 aromatic rings. The predicted octanol–water partition coefficient (Wildman–Crippen LogP) is 0.514. The number of alkyl carbamates (subject to hydrolysis) is 1. The standard InChI is InChI=1S/C19H23Cl3N4O11S/c1-35-19(14(32)26-11(13(30)31)8(5-36-16(23)33)6-38-15(19)26)25-10(27)4-2-3-9(12(28)29)24-17(34)37-7-18(20,21)22/h9,15H,2-7H2,1H3,(H2,23,33)(H,24,34)(H,25,27)(H,28,29)(H,30,31)/t9?,15-,19?/m0/s1. The number of ether oxygens (including phenoxy) is 3. The van der Waals surface area contributed by atoms with Gasteiger partial charge in [0.2, 0.25) is 9.70 Å². The fourth-order valence-electron chi connectivity index (χ4n) is 3.54. The number of nitrogens with two attached hydrogens (primary N) is 1. The number of fused-ring (bicyclic) bond motifs is 1. The Morgan fingerprint density at radius 2 is 1.89 bits per heavy atom. The summed E-state index contributed by atoms with van der Waals surface area (Å²) in [5.74, 6) is -4.40. The first kappa shape index (κ1) is 31.6. The molecule has 0 spiro atoms. The maximum absolute atomic E-state index is 13.0. The van der Waals surface area contributed by atoms with Gasteiger partial charge in [-0.05, 0) is 12.8 Å². The molecule has 0 aromatic heterocycles. The van der Waals surface area contributed by atoms with Gasteiger partial charge in [-0.3, -0.25) is 14.5 Å². The molecule has 6 N–H and O–H groups in total. The second kappa shape index (κ2) is 12.9. The molecule has 19 heteroatoms. The number of rotatable bonds is 12. The molecular formula is C19H23Cl3N4O11S. The van der Waals surface area contributed by atoms with Gasteiger partial charge in [-0.2, -0.15) is 0 Å². The van der Waals surface area contributed by atoms with E-state index in [2.05, 4.69) is 20.1 Å². The van der Waals surface area contributed by atoms with E-state index >= 15 is 0 Å². The maximum atomic E-state index is 13.0. The van der Waals surface area contributed by atoms with Crippen LogP contribution in [0.15, 0.2) is 11.3 Å². The van der Waals surface area contributed by atoms with Gasteiger partial charge in [-0.15, -0.1) is 11.8 Å². The number of halogens is 3. The highest BCUT2D eigenvalue weighted by Crippen LogP contribution is 2.46. The first-order chi connectivity index (χ1) is 17.6. The van der Waals surface area contributed by atoms with Crippen molar-refractivity contribution in [2.75, 3.05) is 26.1 Å². The summed E-state index contributed by atoms with van der Waals surface area (Å²) < 4.78 is 12.7. The van der Waals surface area contributed by atoms with E-state index < -0.39 is 75.8 Å². The molecule has 1 fully saturated rings. The van der Waals surface area contributed by atoms with Crippen molar-refractivity contribution >= 4 is 82.5 Å². The molecule has 0 saturated carbocycles. The summed E-state index contributed by atoms with van der Waals surface area (Å²) in [6, 6.07) is -1.43. The molecule has 212 valence electrons. The maximum Gasteiger partial charge on any atom is 0.407 e. The van der Waals surface area contributed by atoms with Gasteiger partial charge < -0.3 is 40.8 Å². The van der Waals surface area contributed by atoms with Crippen molar-refractivity contribution in [3.63, 3.8) is 0 Å². The summed E-state index contributed by atoms with van der Waals surface area (Å²) in [5, 5.41) is 22.5. The highest BCUT2D eigenvalue weighted by molar-refractivity contribution is 8.00. The number of nitrogens with one attached hydrogen (secondary N) is 2. The number of carboxylic acids is 2. The summed E-state index contributed by atoms with van der Waals surface area (Å²) in [4.78, 5) is 72.4. The molecular weight excluding hydrogens is 599 g/mol. The van der Waals surface area contributed by atoms with Crippen LogP contribution in [0.5, 0.6) is 0 Å². The van der Waals surface area contributed by atoms with Crippen molar-refractivity contribution in [2.24, 2.45) is 5.73 Å². The van der Waals surface area contributed by atoms with Crippen molar-refractivity contribution in [2.45, 2.75) is 40.2 Å². The fraction of sp³-hybridized carbons (Fsp3) is 0.579. The molecule has 38 heavy (non-hydrogen) atoms. The number of hydrogen-bond acceptors (Lipinski definition) is 10. The molecule has 2 rings (SSSR count). The third-order valence-electron chi connectivity index (χ3n) is 5.20. The van der Waals surface area contributed by atoms with Gasteiger partial charge in [-0.1, -0.05) is 34.8 Å². The Morgan fingerprint density at radius 1 is 1.24 bits per heavy atom. The number of methoxy groups -OCH3 is 1. The topological polar surface area (TPSA) is 224 Å². The average Bonchev–Trinajstić information content (AvgIpc) is 2.82. The van der Waals surface area contributed by atoms with Gasteiger partial charge in [0, 0.05) is 24.9 Å². The second-order valence-corrected chi connectivity index (χ2v) is 11.4. The van der Waals surface area contributed by atoms with Crippen LogP contribution in [-0.2, 0) is 33.4 Å². The molecule has 1 saturated heterocycles. The van der Waals surface area contributed by atoms with E-state index in [9.17, 15) is 39.0 Å². The first-order valence-corrected chi connectivity index (χ1v) is 12.7. The molecule has 0 aromatic carbocycles. The molecule has 2 aliphatic rings. The number of amides is 4. The average molecular weight is 622 g/mol. The van der Waals surface area contributed by atoms with Gasteiger partial charge in [0.25, 0.3) is 11.6 Å². The number of primary amides is 1. The highest BCUT2D eigenvalue weighted by atomic mass is 35.6. The van der Waals surface area contributed by atoms with Crippen LogP contribution in [0.1, 0.15) is 19.3 Å². The lowest BCUT2D eigenvalue weighted by molar-refractivity contribution is -0.192. The van der Waals surface area contributed by atoms with Crippen LogP contribution < -0.4 is 16.4 Å². The molecule has 4 amide bonds. The number of carboxylic acid groups (broad SMARTS) is 2. The number of β-lactam (4-membered cyclic amide) rings is 1. The van der Waals surface area contributed by atoms with E-state index in [0.29, 0.717) is 0 Å². The number of aliphatic carboxylic acids is 2. The quantitative estimate of drug-likeness (QED) is 0.114. The molecule has 0 radical (unpaired) electrons. The molecule has 2 heterocycles. The summed E-state index contributed by atoms with van der Waals surface area (Å²) in [6.07, 6.45) is -2.78. The predicted molar refractivity (Wildman–Crippen MR) is 131 cm³/mol. The van der Waals surface area contributed by atoms with Gasteiger partial charge in [0.05, 0.1) is 0 Å². The molecule has 3 atom stereocenters. The van der Waals surface area contributed by atoms with E-state index in [1.54, 1.807) is 0 Å². The lowest BCUT2D eigenvalue weighted by Crippen LogP contribution is -2.80. The zero-order valence-corrected chi connectivity index (χ0v) is 22.6. The minimum atomic E-state index is -1.89. The number of alkyl halides is 3. The largest absolute Gasteiger partial charge is 0.480 e. The summed E-state index contributed by atoms with van der Waals surface area (Å²) in [5.41, 5.74) is 2.75. The number of carbonyl (C=O) groups excluding carboxylic acids is 4. The molecule has 2 unspecified atom stereocenters. The number of nitrogens with zero attached hydrogens (tertiary/aromatic N) is 1. The first-order valence-electron chi connectivity index (χ1n) is 10.5. The fourth-order valence-corrected chi connectivity index (χ4v) is 5.12. The summed E-state index contributed by atoms with van der Waals surface area (Å²) in [6.45, 7) is -1.07. The zero-order valence-electron chi connectivity index (χ0n) is 19.5. The van der Waals surface area contributed by atoms with Crippen LogP contribution in [0.2, 0.25) is 0 Å². The lowest BCUT2D eigenvalue weighted by Gasteiger charge is -2.55. The normalized spacial score (nSPS) is 21.5. The third kappa shape index (κ3) is 7.69. The zero-order chi connectivity index (χ0) is 28.8. The van der Waals surface area contributed by atoms with Crippen LogP contribution in [0.25, 0.3) is 0 Å². The Bertz CT molecular complexity index is 1040. The second-order valence-electron chi connectivity index (χ2n) is 7.81. The molecule has 2 aliphatic heterocycles. The van der Waals surface area contributed by atoms with E-state index in [4.69, 9.17) is 45.3 Å². The monoisotopic (exact) mass is 620 g/mol. The van der Waals surface area contributed by atoms with Crippen LogP contribution in [-0.4, -0.2) is 98.1 Å². The van der Waals surface area contributed by atoms with Gasteiger partial charge in [-0.25, -0.2) is 19.2 Å². The van der Waals surface area contributed by atoms with Gasteiger partial charge >= 0.3 is 24.1 Å². The van der Waals surface area contributed by atoms with Crippen LogP contribution in [0.3, 0.4) is 0 Å². The molecule has 0 bridgehead atoms. The van der Waals surface area contributed by atoms with Crippen molar-refractivity contribution in [3.05, 3.63) is 11.3 Å². The van der Waals surface area contributed by atoms with E-state index in [-0.39, 0.29) is 30.6 Å². The Balaban J connectivity index is 1.99.